The molecule has 0 aliphatic rings. The zero-order chi connectivity index (χ0) is 13.7. The SMILES string of the molecule is CC(C)N(CCCO)C(C)c1ccc(C(=O)O)o1. The summed E-state index contributed by atoms with van der Waals surface area (Å²) in [5.41, 5.74) is 0. The molecule has 0 aliphatic heterocycles. The topological polar surface area (TPSA) is 73.9 Å². The molecule has 0 saturated carbocycles. The first-order chi connectivity index (χ1) is 8.47. The molecule has 1 aromatic rings. The molecule has 0 aromatic carbocycles. The van der Waals surface area contributed by atoms with Crippen molar-refractivity contribution in [1.82, 2.24) is 4.90 Å². The van der Waals surface area contributed by atoms with Gasteiger partial charge in [0.15, 0.2) is 0 Å². The van der Waals surface area contributed by atoms with Crippen LogP contribution in [0.5, 0.6) is 0 Å². The minimum absolute atomic E-state index is 0.00958. The Morgan fingerprint density at radius 2 is 2.06 bits per heavy atom. The normalized spacial score (nSPS) is 13.2. The van der Waals surface area contributed by atoms with Gasteiger partial charge >= 0.3 is 5.97 Å². The number of aromatic carboxylic acids is 1. The van der Waals surface area contributed by atoms with Gasteiger partial charge in [-0.2, -0.15) is 0 Å². The van der Waals surface area contributed by atoms with Gasteiger partial charge in [0.25, 0.3) is 0 Å². The summed E-state index contributed by atoms with van der Waals surface area (Å²) in [6, 6.07) is 3.45. The second-order valence-corrected chi connectivity index (χ2v) is 4.59. The van der Waals surface area contributed by atoms with Gasteiger partial charge < -0.3 is 14.6 Å². The minimum atomic E-state index is -1.06. The predicted molar refractivity (Wildman–Crippen MR) is 67.6 cm³/mol. The summed E-state index contributed by atoms with van der Waals surface area (Å²) in [5.74, 6) is -0.457. The van der Waals surface area contributed by atoms with Gasteiger partial charge in [-0.05, 0) is 39.3 Å². The number of hydrogen-bond donors (Lipinski definition) is 2. The summed E-state index contributed by atoms with van der Waals surface area (Å²) in [6.07, 6.45) is 0.690. The highest BCUT2D eigenvalue weighted by Gasteiger charge is 2.22. The molecule has 0 saturated heterocycles. The molecule has 18 heavy (non-hydrogen) atoms. The fourth-order valence-corrected chi connectivity index (χ4v) is 2.01. The molecule has 5 nitrogen and oxygen atoms in total. The van der Waals surface area contributed by atoms with E-state index >= 15 is 0 Å². The maximum atomic E-state index is 10.8. The van der Waals surface area contributed by atoms with Crippen LogP contribution < -0.4 is 0 Å². The molecule has 102 valence electrons. The third-order valence-electron chi connectivity index (χ3n) is 2.98. The highest BCUT2D eigenvalue weighted by molar-refractivity contribution is 5.84. The van der Waals surface area contributed by atoms with Gasteiger partial charge in [-0.3, -0.25) is 4.90 Å². The fraction of sp³-hybridized carbons (Fsp3) is 0.615. The van der Waals surface area contributed by atoms with Crippen LogP contribution in [-0.2, 0) is 0 Å². The van der Waals surface area contributed by atoms with Gasteiger partial charge in [-0.1, -0.05) is 0 Å². The van der Waals surface area contributed by atoms with Crippen molar-refractivity contribution in [3.8, 4) is 0 Å². The van der Waals surface area contributed by atoms with E-state index in [1.54, 1.807) is 6.07 Å². The summed E-state index contributed by atoms with van der Waals surface area (Å²) in [5, 5.41) is 17.7. The second kappa shape index (κ2) is 6.56. The highest BCUT2D eigenvalue weighted by Crippen LogP contribution is 2.24. The lowest BCUT2D eigenvalue weighted by molar-refractivity contribution is 0.0653. The third-order valence-corrected chi connectivity index (χ3v) is 2.98. The van der Waals surface area contributed by atoms with Crippen LogP contribution in [0.4, 0.5) is 0 Å². The van der Waals surface area contributed by atoms with Crippen LogP contribution in [-0.4, -0.2) is 40.3 Å². The Morgan fingerprint density at radius 3 is 2.50 bits per heavy atom. The molecule has 1 heterocycles. The van der Waals surface area contributed by atoms with Crippen molar-refractivity contribution in [2.45, 2.75) is 39.3 Å². The van der Waals surface area contributed by atoms with Gasteiger partial charge in [-0.25, -0.2) is 4.79 Å². The molecule has 0 bridgehead atoms. The molecule has 1 aromatic heterocycles. The molecular weight excluding hydrogens is 234 g/mol. The van der Waals surface area contributed by atoms with E-state index in [-0.39, 0.29) is 18.4 Å². The first kappa shape index (κ1) is 14.7. The lowest BCUT2D eigenvalue weighted by Crippen LogP contribution is -2.34. The van der Waals surface area contributed by atoms with E-state index in [1.165, 1.54) is 6.07 Å². The van der Waals surface area contributed by atoms with Gasteiger partial charge in [0, 0.05) is 19.2 Å². The van der Waals surface area contributed by atoms with Gasteiger partial charge in [0.05, 0.1) is 6.04 Å². The van der Waals surface area contributed by atoms with Crippen LogP contribution in [0.15, 0.2) is 16.5 Å². The zero-order valence-corrected chi connectivity index (χ0v) is 11.1. The van der Waals surface area contributed by atoms with Gasteiger partial charge in [0.2, 0.25) is 5.76 Å². The molecule has 0 spiro atoms. The Bertz CT molecular complexity index is 386. The van der Waals surface area contributed by atoms with Gasteiger partial charge in [-0.15, -0.1) is 0 Å². The van der Waals surface area contributed by atoms with Crippen LogP contribution in [0.1, 0.15) is 49.5 Å². The Labute approximate surface area is 107 Å². The first-order valence-corrected chi connectivity index (χ1v) is 6.17. The van der Waals surface area contributed by atoms with Crippen LogP contribution in [0, 0.1) is 0 Å². The molecule has 1 atom stereocenters. The summed E-state index contributed by atoms with van der Waals surface area (Å²) < 4.78 is 5.31. The quantitative estimate of drug-likeness (QED) is 0.780. The lowest BCUT2D eigenvalue weighted by Gasteiger charge is -2.31. The number of furan rings is 1. The van der Waals surface area contributed by atoms with Crippen molar-refractivity contribution < 1.29 is 19.4 Å². The second-order valence-electron chi connectivity index (χ2n) is 4.59. The zero-order valence-electron chi connectivity index (χ0n) is 11.1. The monoisotopic (exact) mass is 255 g/mol. The third kappa shape index (κ3) is 3.58. The van der Waals surface area contributed by atoms with E-state index < -0.39 is 5.97 Å². The van der Waals surface area contributed by atoms with Gasteiger partial charge in [0.1, 0.15) is 5.76 Å². The Hall–Kier alpha value is -1.33. The molecule has 1 rings (SSSR count). The average molecular weight is 255 g/mol. The van der Waals surface area contributed by atoms with E-state index in [9.17, 15) is 4.79 Å². The van der Waals surface area contributed by atoms with Crippen molar-refractivity contribution in [2.75, 3.05) is 13.2 Å². The summed E-state index contributed by atoms with van der Waals surface area (Å²) in [7, 11) is 0. The van der Waals surface area contributed by atoms with Crippen LogP contribution >= 0.6 is 0 Å². The number of nitrogens with zero attached hydrogens (tertiary/aromatic N) is 1. The largest absolute Gasteiger partial charge is 0.475 e. The van der Waals surface area contributed by atoms with Crippen molar-refractivity contribution in [3.05, 3.63) is 23.7 Å². The van der Waals surface area contributed by atoms with Crippen molar-refractivity contribution in [2.24, 2.45) is 0 Å². The number of carboxylic acids is 1. The summed E-state index contributed by atoms with van der Waals surface area (Å²) in [4.78, 5) is 12.9. The number of hydrogen-bond acceptors (Lipinski definition) is 4. The number of aliphatic hydroxyl groups excluding tert-OH is 1. The molecule has 2 N–H and O–H groups in total. The predicted octanol–water partition coefficient (Wildman–Crippen LogP) is 2.13. The number of aliphatic hydroxyl groups is 1. The molecule has 0 amide bonds. The molecule has 0 aliphatic carbocycles. The highest BCUT2D eigenvalue weighted by atomic mass is 16.4. The maximum Gasteiger partial charge on any atom is 0.371 e. The molecule has 5 heteroatoms. The molecule has 0 radical (unpaired) electrons. The lowest BCUT2D eigenvalue weighted by atomic mass is 10.1. The van der Waals surface area contributed by atoms with Crippen LogP contribution in [0.2, 0.25) is 0 Å². The van der Waals surface area contributed by atoms with Crippen molar-refractivity contribution in [1.29, 1.82) is 0 Å². The van der Waals surface area contributed by atoms with Crippen molar-refractivity contribution >= 4 is 5.97 Å². The molecular formula is C13H21NO4. The Balaban J connectivity index is 2.80. The molecule has 0 fully saturated rings. The fourth-order valence-electron chi connectivity index (χ4n) is 2.01. The summed E-state index contributed by atoms with van der Waals surface area (Å²) in [6.45, 7) is 7.00. The van der Waals surface area contributed by atoms with E-state index in [1.807, 2.05) is 6.92 Å². The smallest absolute Gasteiger partial charge is 0.371 e. The van der Waals surface area contributed by atoms with Crippen LogP contribution in [0.25, 0.3) is 0 Å². The number of carbonyl (C=O) groups is 1. The average Bonchev–Trinajstić information content (AvgIpc) is 2.78. The summed E-state index contributed by atoms with van der Waals surface area (Å²) >= 11 is 0. The van der Waals surface area contributed by atoms with E-state index in [0.717, 1.165) is 6.54 Å². The van der Waals surface area contributed by atoms with E-state index in [0.29, 0.717) is 18.2 Å². The number of rotatable bonds is 7. The minimum Gasteiger partial charge on any atom is -0.475 e. The Morgan fingerprint density at radius 1 is 1.39 bits per heavy atom. The standard InChI is InChI=1S/C13H21NO4/c1-9(2)14(7-4-8-15)10(3)11-5-6-12(18-11)13(16)17/h5-6,9-10,15H,4,7-8H2,1-3H3,(H,16,17). The van der Waals surface area contributed by atoms with Crippen LogP contribution in [0.3, 0.4) is 0 Å². The Kier molecular flexibility index (Phi) is 5.37. The van der Waals surface area contributed by atoms with E-state index in [4.69, 9.17) is 14.6 Å². The van der Waals surface area contributed by atoms with E-state index in [2.05, 4.69) is 18.7 Å². The van der Waals surface area contributed by atoms with Crippen molar-refractivity contribution in [3.63, 3.8) is 0 Å². The molecule has 1 unspecified atom stereocenters. The first-order valence-electron chi connectivity index (χ1n) is 6.17. The number of carboxylic acid groups (broad SMARTS) is 1. The maximum absolute atomic E-state index is 10.8.